The quantitative estimate of drug-likeness (QED) is 0.712. The molecule has 16 heavy (non-hydrogen) atoms. The lowest BCUT2D eigenvalue weighted by molar-refractivity contribution is -0.257. The lowest BCUT2D eigenvalue weighted by Crippen LogP contribution is -2.26. The number of Topliss-reactive ketones (excluding diaryl/α,β-unsaturated/α-hetero) is 1. The number of carboxylic acid groups (broad SMARTS) is 1. The molecule has 86 valence electrons. The fourth-order valence-electron chi connectivity index (χ4n) is 2.28. The van der Waals surface area contributed by atoms with E-state index in [0.717, 1.165) is 0 Å². The lowest BCUT2D eigenvalue weighted by Gasteiger charge is -2.27. The van der Waals surface area contributed by atoms with Crippen molar-refractivity contribution in [1.29, 1.82) is 0 Å². The van der Waals surface area contributed by atoms with Gasteiger partial charge in [-0.2, -0.15) is 0 Å². The molecule has 0 amide bonds. The molecule has 0 radical (unpaired) electrons. The number of furan rings is 1. The van der Waals surface area contributed by atoms with E-state index in [-0.39, 0.29) is 17.0 Å². The highest BCUT2D eigenvalue weighted by atomic mass is 16.4. The van der Waals surface area contributed by atoms with Crippen molar-refractivity contribution in [3.63, 3.8) is 0 Å². The molecule has 0 aromatic carbocycles. The van der Waals surface area contributed by atoms with Gasteiger partial charge in [0, 0.05) is 18.4 Å². The predicted octanol–water partition coefficient (Wildman–Crippen LogP) is 1.11. The average Bonchev–Trinajstić information content (AvgIpc) is 2.40. The topological polar surface area (TPSA) is 70.3 Å². The van der Waals surface area contributed by atoms with Crippen molar-refractivity contribution in [1.82, 2.24) is 0 Å². The predicted molar refractivity (Wildman–Crippen MR) is 54.2 cm³/mol. The van der Waals surface area contributed by atoms with Crippen LogP contribution < -0.4 is 5.11 Å². The molecule has 1 aromatic heterocycles. The van der Waals surface area contributed by atoms with Crippen molar-refractivity contribution in [2.24, 2.45) is 5.41 Å². The van der Waals surface area contributed by atoms with Crippen LogP contribution in [0.4, 0.5) is 0 Å². The molecule has 2 rings (SSSR count). The number of hydrogen-bond acceptors (Lipinski definition) is 4. The summed E-state index contributed by atoms with van der Waals surface area (Å²) in [6.45, 7) is 5.51. The summed E-state index contributed by atoms with van der Waals surface area (Å²) in [5, 5.41) is 10.8. The van der Waals surface area contributed by atoms with E-state index in [4.69, 9.17) is 4.42 Å². The van der Waals surface area contributed by atoms with Crippen LogP contribution in [-0.2, 0) is 6.42 Å². The fraction of sp³-hybridized carbons (Fsp3) is 0.500. The molecule has 4 heteroatoms. The summed E-state index contributed by atoms with van der Waals surface area (Å²) in [4.78, 5) is 22.7. The summed E-state index contributed by atoms with van der Waals surface area (Å²) in [6.07, 6.45) is 1.01. The van der Waals surface area contributed by atoms with Crippen LogP contribution in [0.5, 0.6) is 0 Å². The zero-order valence-electron chi connectivity index (χ0n) is 9.55. The highest BCUT2D eigenvalue weighted by Crippen LogP contribution is 2.38. The first kappa shape index (κ1) is 10.9. The lowest BCUT2D eigenvalue weighted by atomic mass is 9.76. The van der Waals surface area contributed by atoms with E-state index >= 15 is 0 Å². The Bertz CT molecular complexity index is 479. The molecule has 1 heterocycles. The van der Waals surface area contributed by atoms with Gasteiger partial charge in [-0.15, -0.1) is 0 Å². The molecule has 1 aromatic rings. The molecule has 0 unspecified atom stereocenters. The number of carbonyl (C=O) groups excluding carboxylic acids is 2. The summed E-state index contributed by atoms with van der Waals surface area (Å²) in [5.74, 6) is -1.13. The average molecular weight is 221 g/mol. The van der Waals surface area contributed by atoms with Gasteiger partial charge in [0.25, 0.3) is 0 Å². The van der Waals surface area contributed by atoms with Crippen molar-refractivity contribution in [2.75, 3.05) is 0 Å². The minimum atomic E-state index is -1.36. The largest absolute Gasteiger partial charge is 0.542 e. The molecule has 0 aliphatic heterocycles. The van der Waals surface area contributed by atoms with Crippen LogP contribution in [0, 0.1) is 12.3 Å². The first-order valence-electron chi connectivity index (χ1n) is 5.18. The van der Waals surface area contributed by atoms with Crippen molar-refractivity contribution in [3.8, 4) is 0 Å². The van der Waals surface area contributed by atoms with Gasteiger partial charge in [0.2, 0.25) is 0 Å². The summed E-state index contributed by atoms with van der Waals surface area (Å²) in [7, 11) is 0. The second kappa shape index (κ2) is 3.20. The number of carboxylic acids is 1. The summed E-state index contributed by atoms with van der Waals surface area (Å²) < 4.78 is 5.22. The summed E-state index contributed by atoms with van der Waals surface area (Å²) in [6, 6.07) is 0. The van der Waals surface area contributed by atoms with Crippen LogP contribution in [0.1, 0.15) is 52.5 Å². The van der Waals surface area contributed by atoms with Crippen molar-refractivity contribution in [2.45, 2.75) is 33.6 Å². The third-order valence-corrected chi connectivity index (χ3v) is 2.96. The zero-order chi connectivity index (χ0) is 12.1. The van der Waals surface area contributed by atoms with Gasteiger partial charge in [-0.1, -0.05) is 13.8 Å². The smallest absolute Gasteiger partial charge is 0.167 e. The molecule has 0 saturated carbocycles. The van der Waals surface area contributed by atoms with E-state index < -0.39 is 5.97 Å². The van der Waals surface area contributed by atoms with Gasteiger partial charge < -0.3 is 14.3 Å². The van der Waals surface area contributed by atoms with Crippen LogP contribution in [-0.4, -0.2) is 11.8 Å². The summed E-state index contributed by atoms with van der Waals surface area (Å²) >= 11 is 0. The number of ketones is 1. The van der Waals surface area contributed by atoms with Gasteiger partial charge >= 0.3 is 0 Å². The third kappa shape index (κ3) is 1.54. The zero-order valence-corrected chi connectivity index (χ0v) is 9.55. The van der Waals surface area contributed by atoms with Crippen LogP contribution in [0.3, 0.4) is 0 Å². The van der Waals surface area contributed by atoms with Crippen molar-refractivity contribution in [3.05, 3.63) is 22.6 Å². The van der Waals surface area contributed by atoms with Crippen LogP contribution in [0.15, 0.2) is 4.42 Å². The molecule has 0 spiro atoms. The second-order valence-corrected chi connectivity index (χ2v) is 5.08. The van der Waals surface area contributed by atoms with Crippen molar-refractivity contribution >= 4 is 11.8 Å². The summed E-state index contributed by atoms with van der Waals surface area (Å²) in [5.41, 5.74) is 0.673. The van der Waals surface area contributed by atoms with E-state index in [1.165, 1.54) is 0 Å². The molecule has 0 saturated heterocycles. The number of aromatic carboxylic acids is 1. The SMILES string of the molecule is Cc1c(C(=O)[O-])oc2c1C(=O)CC(C)(C)C2. The Labute approximate surface area is 93.3 Å². The van der Waals surface area contributed by atoms with Crippen molar-refractivity contribution < 1.29 is 19.1 Å². The maximum absolute atomic E-state index is 11.9. The number of rotatable bonds is 1. The highest BCUT2D eigenvalue weighted by Gasteiger charge is 2.35. The van der Waals surface area contributed by atoms with Gasteiger partial charge in [0.1, 0.15) is 11.7 Å². The van der Waals surface area contributed by atoms with Crippen LogP contribution in [0.2, 0.25) is 0 Å². The Balaban J connectivity index is 2.58. The number of fused-ring (bicyclic) bond motifs is 1. The van der Waals surface area contributed by atoms with E-state index in [0.29, 0.717) is 29.7 Å². The Morgan fingerprint density at radius 1 is 1.38 bits per heavy atom. The van der Waals surface area contributed by atoms with E-state index in [1.807, 2.05) is 13.8 Å². The Hall–Kier alpha value is -1.58. The van der Waals surface area contributed by atoms with Gasteiger partial charge in [0.05, 0.1) is 5.56 Å². The third-order valence-electron chi connectivity index (χ3n) is 2.96. The second-order valence-electron chi connectivity index (χ2n) is 5.08. The molecule has 1 aliphatic rings. The molecule has 0 fully saturated rings. The first-order valence-corrected chi connectivity index (χ1v) is 5.18. The van der Waals surface area contributed by atoms with Gasteiger partial charge in [-0.05, 0) is 12.3 Å². The maximum Gasteiger partial charge on any atom is 0.167 e. The van der Waals surface area contributed by atoms with Crippen LogP contribution in [0.25, 0.3) is 0 Å². The standard InChI is InChI=1S/C12H14O4/c1-6-9-7(13)4-12(2,3)5-8(9)16-10(6)11(14)15/h4-5H2,1-3H3,(H,14,15)/p-1. The van der Waals surface area contributed by atoms with Gasteiger partial charge in [-0.25, -0.2) is 0 Å². The Morgan fingerprint density at radius 3 is 2.56 bits per heavy atom. The molecule has 0 atom stereocenters. The minimum absolute atomic E-state index is 0.0417. The highest BCUT2D eigenvalue weighted by molar-refractivity contribution is 6.02. The van der Waals surface area contributed by atoms with Gasteiger partial charge in [-0.3, -0.25) is 4.79 Å². The molecular formula is C12H13O4-. The number of hydrogen-bond donors (Lipinski definition) is 0. The molecule has 0 N–H and O–H groups in total. The van der Waals surface area contributed by atoms with E-state index in [1.54, 1.807) is 6.92 Å². The van der Waals surface area contributed by atoms with E-state index in [2.05, 4.69) is 0 Å². The first-order chi connectivity index (χ1) is 7.32. The minimum Gasteiger partial charge on any atom is -0.542 e. The van der Waals surface area contributed by atoms with E-state index in [9.17, 15) is 14.7 Å². The fourth-order valence-corrected chi connectivity index (χ4v) is 2.28. The molecular weight excluding hydrogens is 208 g/mol. The molecule has 0 bridgehead atoms. The Morgan fingerprint density at radius 2 is 2.00 bits per heavy atom. The monoisotopic (exact) mass is 221 g/mol. The Kier molecular flexibility index (Phi) is 2.19. The normalized spacial score (nSPS) is 18.3. The molecule has 4 nitrogen and oxygen atoms in total. The number of carbonyl (C=O) groups is 2. The van der Waals surface area contributed by atoms with Gasteiger partial charge in [0.15, 0.2) is 11.5 Å². The van der Waals surface area contributed by atoms with Crippen LogP contribution >= 0.6 is 0 Å². The maximum atomic E-state index is 11.9. The molecule has 1 aliphatic carbocycles.